The highest BCUT2D eigenvalue weighted by Gasteiger charge is 2.20. The smallest absolute Gasteiger partial charge is 0.323 e. The average Bonchev–Trinajstić information content (AvgIpc) is 2.85. The second-order valence-electron chi connectivity index (χ2n) is 4.59. The van der Waals surface area contributed by atoms with Gasteiger partial charge in [-0.25, -0.2) is 4.98 Å². The molecule has 2 aromatic heterocycles. The lowest BCUT2D eigenvalue weighted by atomic mass is 10.3. The van der Waals surface area contributed by atoms with Crippen molar-refractivity contribution in [1.29, 1.82) is 0 Å². The molecule has 0 saturated heterocycles. The minimum absolute atomic E-state index is 0.123. The van der Waals surface area contributed by atoms with Crippen molar-refractivity contribution < 1.29 is 9.90 Å². The maximum absolute atomic E-state index is 12.3. The first-order chi connectivity index (χ1) is 8.58. The Morgan fingerprint density at radius 2 is 2.33 bits per heavy atom. The number of aryl methyl sites for hydroxylation is 2. The van der Waals surface area contributed by atoms with Crippen molar-refractivity contribution in [3.8, 4) is 0 Å². The topological polar surface area (TPSA) is 77.1 Å². The van der Waals surface area contributed by atoms with Gasteiger partial charge in [0, 0.05) is 18.7 Å². The zero-order chi connectivity index (χ0) is 12.9. The number of nitrogens with zero attached hydrogens (tertiary/aromatic N) is 3. The van der Waals surface area contributed by atoms with Gasteiger partial charge in [-0.3, -0.25) is 14.2 Å². The number of carboxylic acid groups (broad SMARTS) is 1. The Balaban J connectivity index is 2.34. The van der Waals surface area contributed by atoms with Crippen LogP contribution >= 0.6 is 0 Å². The third-order valence-corrected chi connectivity index (χ3v) is 3.37. The Kier molecular flexibility index (Phi) is 2.26. The Morgan fingerprint density at radius 1 is 1.56 bits per heavy atom. The summed E-state index contributed by atoms with van der Waals surface area (Å²) < 4.78 is 3.18. The summed E-state index contributed by atoms with van der Waals surface area (Å²) in [6, 6.07) is 1.78. The van der Waals surface area contributed by atoms with Crippen molar-refractivity contribution in [2.45, 2.75) is 32.9 Å². The second-order valence-corrected chi connectivity index (χ2v) is 4.59. The van der Waals surface area contributed by atoms with Crippen LogP contribution in [0.2, 0.25) is 0 Å². The summed E-state index contributed by atoms with van der Waals surface area (Å²) in [5, 5.41) is 8.90. The van der Waals surface area contributed by atoms with E-state index in [2.05, 4.69) is 4.98 Å². The van der Waals surface area contributed by atoms with Crippen LogP contribution in [0.25, 0.3) is 11.0 Å². The van der Waals surface area contributed by atoms with Crippen molar-refractivity contribution in [3.05, 3.63) is 27.9 Å². The van der Waals surface area contributed by atoms with Gasteiger partial charge in [0.05, 0.1) is 5.52 Å². The van der Waals surface area contributed by atoms with E-state index in [1.807, 2.05) is 0 Å². The average molecular weight is 247 g/mol. The lowest BCUT2D eigenvalue weighted by Crippen LogP contribution is -2.24. The SMILES string of the molecule is Cc1cc2nc3n(c(=O)c2n1CC(=O)O)CCC3. The van der Waals surface area contributed by atoms with Crippen molar-refractivity contribution >= 4 is 17.0 Å². The molecule has 0 unspecified atom stereocenters. The van der Waals surface area contributed by atoms with Crippen LogP contribution in [-0.4, -0.2) is 25.2 Å². The molecule has 6 heteroatoms. The van der Waals surface area contributed by atoms with E-state index >= 15 is 0 Å². The zero-order valence-corrected chi connectivity index (χ0v) is 10.0. The quantitative estimate of drug-likeness (QED) is 0.840. The normalized spacial score (nSPS) is 14.1. The Labute approximate surface area is 102 Å². The standard InChI is InChI=1S/C12H13N3O3/c1-7-5-8-11(15(7)6-10(16)17)12(18)14-4-2-3-9(14)13-8/h5H,2-4,6H2,1H3,(H,16,17). The molecule has 0 amide bonds. The molecule has 3 rings (SSSR count). The van der Waals surface area contributed by atoms with Gasteiger partial charge in [0.2, 0.25) is 0 Å². The molecule has 6 nitrogen and oxygen atoms in total. The number of rotatable bonds is 2. The van der Waals surface area contributed by atoms with E-state index in [-0.39, 0.29) is 12.1 Å². The first-order valence-corrected chi connectivity index (χ1v) is 5.89. The molecule has 0 fully saturated rings. The van der Waals surface area contributed by atoms with Gasteiger partial charge >= 0.3 is 5.97 Å². The maximum atomic E-state index is 12.3. The molecule has 18 heavy (non-hydrogen) atoms. The molecule has 2 aromatic rings. The third kappa shape index (κ3) is 1.45. The molecule has 94 valence electrons. The molecule has 0 bridgehead atoms. The van der Waals surface area contributed by atoms with Gasteiger partial charge in [0.1, 0.15) is 17.9 Å². The number of hydrogen-bond donors (Lipinski definition) is 1. The minimum Gasteiger partial charge on any atom is -0.480 e. The fourth-order valence-corrected chi connectivity index (χ4v) is 2.57. The molecule has 3 heterocycles. The monoisotopic (exact) mass is 247 g/mol. The highest BCUT2D eigenvalue weighted by Crippen LogP contribution is 2.18. The summed E-state index contributed by atoms with van der Waals surface area (Å²) in [7, 11) is 0. The second kappa shape index (κ2) is 3.69. The predicted octanol–water partition coefficient (Wildman–Crippen LogP) is 0.537. The summed E-state index contributed by atoms with van der Waals surface area (Å²) >= 11 is 0. The van der Waals surface area contributed by atoms with E-state index in [0.29, 0.717) is 17.6 Å². The lowest BCUT2D eigenvalue weighted by Gasteiger charge is -2.06. The Morgan fingerprint density at radius 3 is 3.06 bits per heavy atom. The van der Waals surface area contributed by atoms with E-state index < -0.39 is 5.97 Å². The number of aromatic nitrogens is 3. The zero-order valence-electron chi connectivity index (χ0n) is 10.0. The summed E-state index contributed by atoms with van der Waals surface area (Å²) in [6.07, 6.45) is 1.74. The Hall–Kier alpha value is -2.11. The predicted molar refractivity (Wildman–Crippen MR) is 64.7 cm³/mol. The molecular formula is C12H13N3O3. The van der Waals surface area contributed by atoms with Crippen LogP contribution in [0, 0.1) is 6.92 Å². The van der Waals surface area contributed by atoms with E-state index in [0.717, 1.165) is 24.4 Å². The van der Waals surface area contributed by atoms with Crippen LogP contribution in [-0.2, 0) is 24.3 Å². The highest BCUT2D eigenvalue weighted by molar-refractivity contribution is 5.78. The molecule has 0 atom stereocenters. The van der Waals surface area contributed by atoms with E-state index in [9.17, 15) is 9.59 Å². The van der Waals surface area contributed by atoms with Crippen LogP contribution in [0.1, 0.15) is 17.9 Å². The molecule has 1 aliphatic heterocycles. The van der Waals surface area contributed by atoms with Crippen LogP contribution < -0.4 is 5.56 Å². The number of carboxylic acids is 1. The van der Waals surface area contributed by atoms with Crippen molar-refractivity contribution in [2.75, 3.05) is 0 Å². The van der Waals surface area contributed by atoms with Crippen LogP contribution in [0.4, 0.5) is 0 Å². The van der Waals surface area contributed by atoms with Crippen LogP contribution in [0.5, 0.6) is 0 Å². The van der Waals surface area contributed by atoms with Gasteiger partial charge in [-0.05, 0) is 19.4 Å². The molecule has 1 N–H and O–H groups in total. The summed E-state index contributed by atoms with van der Waals surface area (Å²) in [5.74, 6) is -0.152. The van der Waals surface area contributed by atoms with Gasteiger partial charge < -0.3 is 9.67 Å². The van der Waals surface area contributed by atoms with Crippen LogP contribution in [0.15, 0.2) is 10.9 Å². The lowest BCUT2D eigenvalue weighted by molar-refractivity contribution is -0.137. The number of carbonyl (C=O) groups is 1. The molecule has 0 aliphatic carbocycles. The van der Waals surface area contributed by atoms with Crippen molar-refractivity contribution in [1.82, 2.24) is 14.1 Å². The summed E-state index contributed by atoms with van der Waals surface area (Å²) in [5.41, 5.74) is 1.63. The first-order valence-electron chi connectivity index (χ1n) is 5.89. The fraction of sp³-hybridized carbons (Fsp3) is 0.417. The van der Waals surface area contributed by atoms with Gasteiger partial charge in [0.25, 0.3) is 5.56 Å². The van der Waals surface area contributed by atoms with Crippen molar-refractivity contribution in [3.63, 3.8) is 0 Å². The maximum Gasteiger partial charge on any atom is 0.323 e. The molecule has 0 spiro atoms. The molecule has 1 aliphatic rings. The van der Waals surface area contributed by atoms with Crippen LogP contribution in [0.3, 0.4) is 0 Å². The number of aliphatic carboxylic acids is 1. The number of hydrogen-bond acceptors (Lipinski definition) is 3. The van der Waals surface area contributed by atoms with E-state index in [1.54, 1.807) is 17.6 Å². The summed E-state index contributed by atoms with van der Waals surface area (Å²) in [4.78, 5) is 27.7. The molecule has 0 radical (unpaired) electrons. The highest BCUT2D eigenvalue weighted by atomic mass is 16.4. The Bertz CT molecular complexity index is 711. The molecular weight excluding hydrogens is 234 g/mol. The first kappa shape index (κ1) is 11.0. The number of fused-ring (bicyclic) bond motifs is 2. The fourth-order valence-electron chi connectivity index (χ4n) is 2.57. The third-order valence-electron chi connectivity index (χ3n) is 3.37. The largest absolute Gasteiger partial charge is 0.480 e. The van der Waals surface area contributed by atoms with Crippen molar-refractivity contribution in [2.24, 2.45) is 0 Å². The van der Waals surface area contributed by atoms with Gasteiger partial charge in [-0.2, -0.15) is 0 Å². The van der Waals surface area contributed by atoms with E-state index in [4.69, 9.17) is 5.11 Å². The minimum atomic E-state index is -0.958. The van der Waals surface area contributed by atoms with Gasteiger partial charge in [0.15, 0.2) is 0 Å². The molecule has 0 aromatic carbocycles. The summed E-state index contributed by atoms with van der Waals surface area (Å²) in [6.45, 7) is 2.26. The molecule has 0 saturated carbocycles. The van der Waals surface area contributed by atoms with Gasteiger partial charge in [-0.15, -0.1) is 0 Å². The van der Waals surface area contributed by atoms with E-state index in [1.165, 1.54) is 4.57 Å². The van der Waals surface area contributed by atoms with Gasteiger partial charge in [-0.1, -0.05) is 0 Å².